The van der Waals surface area contributed by atoms with Gasteiger partial charge < -0.3 is 25.3 Å². The molecule has 1 aliphatic rings. The van der Waals surface area contributed by atoms with E-state index in [-0.39, 0.29) is 21.7 Å². The van der Waals surface area contributed by atoms with Crippen molar-refractivity contribution in [1.29, 1.82) is 0 Å². The molecule has 0 bridgehead atoms. The number of nitrogens with two attached hydrogens (primary N) is 1. The van der Waals surface area contributed by atoms with Gasteiger partial charge in [0.15, 0.2) is 10.8 Å². The summed E-state index contributed by atoms with van der Waals surface area (Å²) in [6, 6.07) is 7.37. The van der Waals surface area contributed by atoms with Crippen LogP contribution in [0.25, 0.3) is 0 Å². The van der Waals surface area contributed by atoms with Crippen LogP contribution in [0, 0.1) is 0 Å². The van der Waals surface area contributed by atoms with Crippen molar-refractivity contribution in [3.8, 4) is 0 Å². The molecule has 1 saturated heterocycles. The molecule has 5 N–H and O–H groups in total. The van der Waals surface area contributed by atoms with Crippen LogP contribution >= 0.6 is 18.9 Å². The van der Waals surface area contributed by atoms with Crippen LogP contribution in [0.1, 0.15) is 11.3 Å². The molecule has 3 rings (SSSR count). The van der Waals surface area contributed by atoms with Crippen LogP contribution in [0.2, 0.25) is 0 Å². The summed E-state index contributed by atoms with van der Waals surface area (Å²) in [5.74, 6) is -2.05. The number of aromatic nitrogens is 1. The summed E-state index contributed by atoms with van der Waals surface area (Å²) in [4.78, 5) is 43.0. The Labute approximate surface area is 191 Å². The van der Waals surface area contributed by atoms with Crippen LogP contribution in [-0.4, -0.2) is 63.6 Å². The van der Waals surface area contributed by atoms with Crippen LogP contribution in [-0.2, 0) is 40.4 Å². The van der Waals surface area contributed by atoms with Gasteiger partial charge in [0.05, 0.1) is 13.2 Å². The van der Waals surface area contributed by atoms with E-state index in [0.29, 0.717) is 5.56 Å². The third kappa shape index (κ3) is 6.56. The Bertz CT molecular complexity index is 1220. The minimum atomic E-state index is -4.73. The lowest BCUT2D eigenvalue weighted by Gasteiger charge is -2.35. The molecule has 1 unspecified atom stereocenters. The van der Waals surface area contributed by atoms with E-state index in [4.69, 9.17) is 19.6 Å². The van der Waals surface area contributed by atoms with Crippen molar-refractivity contribution in [2.24, 2.45) is 5.16 Å². The molecule has 0 spiro atoms. The number of nitrogen functional groups attached to an aromatic ring is 1. The number of rotatable bonds is 10. The lowest BCUT2D eigenvalue weighted by Crippen LogP contribution is -2.65. The molecule has 17 heteroatoms. The number of carbonyl (C=O) groups is 2. The molecule has 0 radical (unpaired) electrons. The first-order chi connectivity index (χ1) is 15.5. The maximum atomic E-state index is 12.6. The minimum absolute atomic E-state index is 0.0496. The number of benzene rings is 1. The van der Waals surface area contributed by atoms with Gasteiger partial charge >= 0.3 is 17.9 Å². The number of hydrogen-bond donors (Lipinski definition) is 4. The molecule has 14 nitrogen and oxygen atoms in total. The lowest BCUT2D eigenvalue weighted by molar-refractivity contribution is -0.139. The van der Waals surface area contributed by atoms with E-state index in [1.165, 1.54) is 5.38 Å². The highest BCUT2D eigenvalue weighted by Crippen LogP contribution is 2.42. The molecule has 1 aromatic heterocycles. The zero-order valence-electron chi connectivity index (χ0n) is 16.6. The highest BCUT2D eigenvalue weighted by Gasteiger charge is 2.45. The third-order valence-electron chi connectivity index (χ3n) is 4.11. The van der Waals surface area contributed by atoms with Gasteiger partial charge in [-0.05, 0) is 5.56 Å². The maximum Gasteiger partial charge on any atom is 0.368 e. The fraction of sp³-hybridized carbons (Fsp3) is 0.250. The number of anilines is 1. The van der Waals surface area contributed by atoms with Crippen molar-refractivity contribution in [2.45, 2.75) is 12.6 Å². The zero-order valence-corrected chi connectivity index (χ0v) is 19.1. The summed E-state index contributed by atoms with van der Waals surface area (Å²) in [5, 5.41) is 7.20. The monoisotopic (exact) mass is 519 g/mol. The molecule has 2 atom stereocenters. The van der Waals surface area contributed by atoms with E-state index < -0.39 is 54.4 Å². The molecule has 178 valence electrons. The van der Waals surface area contributed by atoms with Crippen LogP contribution < -0.4 is 11.1 Å². The van der Waals surface area contributed by atoms with Gasteiger partial charge in [0.25, 0.3) is 11.8 Å². The van der Waals surface area contributed by atoms with E-state index >= 15 is 0 Å². The minimum Gasteiger partial charge on any atom is -0.382 e. The highest BCUT2D eigenvalue weighted by molar-refractivity contribution is 7.84. The van der Waals surface area contributed by atoms with E-state index in [0.717, 1.165) is 11.3 Å². The van der Waals surface area contributed by atoms with Gasteiger partial charge in [0, 0.05) is 5.38 Å². The lowest BCUT2D eigenvalue weighted by atomic mass is 10.1. The largest absolute Gasteiger partial charge is 0.382 e. The normalized spacial score (nSPS) is 18.4. The Morgan fingerprint density at radius 2 is 2.09 bits per heavy atom. The average molecular weight is 519 g/mol. The van der Waals surface area contributed by atoms with Crippen molar-refractivity contribution < 1.29 is 41.4 Å². The molecule has 2 heterocycles. The topological polar surface area (TPSA) is 211 Å². The predicted molar refractivity (Wildman–Crippen MR) is 115 cm³/mol. The molecular weight excluding hydrogens is 501 g/mol. The second-order valence-corrected chi connectivity index (χ2v) is 10.6. The quantitative estimate of drug-likeness (QED) is 0.107. The van der Waals surface area contributed by atoms with Gasteiger partial charge in [-0.15, -0.1) is 11.3 Å². The van der Waals surface area contributed by atoms with Gasteiger partial charge in [-0.2, -0.15) is 8.42 Å². The molecular formula is C16H18N5O9PS2. The summed E-state index contributed by atoms with van der Waals surface area (Å²) in [7, 11) is -8.98. The molecule has 1 aliphatic heterocycles. The van der Waals surface area contributed by atoms with Crippen molar-refractivity contribution in [2.75, 3.05) is 18.6 Å². The fourth-order valence-electron chi connectivity index (χ4n) is 2.49. The number of hydrogen-bond acceptors (Lipinski definition) is 11. The van der Waals surface area contributed by atoms with Gasteiger partial charge in [-0.1, -0.05) is 35.5 Å². The summed E-state index contributed by atoms with van der Waals surface area (Å²) in [6.45, 7) is -0.651. The summed E-state index contributed by atoms with van der Waals surface area (Å²) in [5.41, 5.74) is 5.67. The number of oxime groups is 1. The van der Waals surface area contributed by atoms with Gasteiger partial charge in [0.2, 0.25) is 6.35 Å². The first-order valence-corrected chi connectivity index (χ1v) is 13.0. The molecule has 33 heavy (non-hydrogen) atoms. The van der Waals surface area contributed by atoms with Gasteiger partial charge in [0.1, 0.15) is 11.7 Å². The SMILES string of the molecule is Nc1nc(C(=NOCP(=O)(O)OCc2ccccc2)C(=O)N[C@H]2CN(S(=O)(=O)O)C2=O)cs1. The Hall–Kier alpha value is -2.88. The second kappa shape index (κ2) is 9.94. The Kier molecular flexibility index (Phi) is 7.46. The standard InChI is InChI=1S/C16H18N5O9PS2/c17-16-19-12(8-32-16)13(14(22)18-11-6-21(15(11)23)33(26,27)28)20-29-9-31(24,25)30-7-10-4-2-1-3-5-10/h1-5,8,11H,6-7,9H2,(H2,17,19)(H,18,22)(H,24,25)(H,26,27,28)/t11-/m0/s1. The van der Waals surface area contributed by atoms with Crippen molar-refractivity contribution in [3.05, 3.63) is 47.0 Å². The smallest absolute Gasteiger partial charge is 0.368 e. The van der Waals surface area contributed by atoms with E-state index in [1.807, 2.05) is 0 Å². The average Bonchev–Trinajstić information content (AvgIpc) is 3.17. The molecule has 2 aromatic rings. The second-order valence-electron chi connectivity index (χ2n) is 6.54. The van der Waals surface area contributed by atoms with Crippen LogP contribution in [0.5, 0.6) is 0 Å². The Morgan fingerprint density at radius 3 is 2.67 bits per heavy atom. The van der Waals surface area contributed by atoms with Crippen LogP contribution in [0.4, 0.5) is 5.13 Å². The van der Waals surface area contributed by atoms with E-state index in [1.54, 1.807) is 30.3 Å². The number of thiazole rings is 1. The maximum absolute atomic E-state index is 12.6. The fourth-order valence-corrected chi connectivity index (χ4v) is 4.36. The van der Waals surface area contributed by atoms with E-state index in [2.05, 4.69) is 15.5 Å². The van der Waals surface area contributed by atoms with E-state index in [9.17, 15) is 27.5 Å². The first kappa shape index (κ1) is 24.8. The summed E-state index contributed by atoms with van der Waals surface area (Å²) < 4.78 is 48.2. The van der Waals surface area contributed by atoms with Gasteiger partial charge in [-0.3, -0.25) is 18.7 Å². The van der Waals surface area contributed by atoms with Crippen molar-refractivity contribution >= 4 is 51.9 Å². The molecule has 1 aromatic carbocycles. The van der Waals surface area contributed by atoms with Crippen molar-refractivity contribution in [3.63, 3.8) is 0 Å². The van der Waals surface area contributed by atoms with Gasteiger partial charge in [-0.25, -0.2) is 9.29 Å². The Morgan fingerprint density at radius 1 is 1.39 bits per heavy atom. The summed E-state index contributed by atoms with van der Waals surface area (Å²) >= 11 is 0.972. The van der Waals surface area contributed by atoms with Crippen LogP contribution in [0.15, 0.2) is 40.9 Å². The first-order valence-electron chi connectivity index (χ1n) is 8.98. The summed E-state index contributed by atoms with van der Waals surface area (Å²) in [6.07, 6.45) is -0.894. The Balaban J connectivity index is 1.65. The van der Waals surface area contributed by atoms with Crippen molar-refractivity contribution in [1.82, 2.24) is 14.6 Å². The van der Waals surface area contributed by atoms with Crippen LogP contribution in [0.3, 0.4) is 0 Å². The number of nitrogens with one attached hydrogen (secondary N) is 1. The number of carbonyl (C=O) groups excluding carboxylic acids is 2. The highest BCUT2D eigenvalue weighted by atomic mass is 32.2. The number of nitrogens with zero attached hydrogens (tertiary/aromatic N) is 3. The number of β-lactam (4-membered cyclic amide) rings is 1. The molecule has 1 fully saturated rings. The molecule has 0 aliphatic carbocycles. The third-order valence-corrected chi connectivity index (χ3v) is 6.64. The molecule has 0 saturated carbocycles. The zero-order chi connectivity index (χ0) is 24.2. The predicted octanol–water partition coefficient (Wildman–Crippen LogP) is -0.0645. The molecule has 2 amide bonds. The number of amides is 2.